The van der Waals surface area contributed by atoms with Crippen molar-refractivity contribution in [3.05, 3.63) is 82.0 Å². The Morgan fingerprint density at radius 2 is 1.52 bits per heavy atom. The van der Waals surface area contributed by atoms with Gasteiger partial charge in [0.25, 0.3) is 5.91 Å². The topological polar surface area (TPSA) is 138 Å². The first-order valence-electron chi connectivity index (χ1n) is 14.5. The molecule has 2 aliphatic rings. The number of thiophene rings is 1. The maximum atomic E-state index is 12.8. The average molecular weight is 590 g/mol. The summed E-state index contributed by atoms with van der Waals surface area (Å²) in [5, 5.41) is 14.7. The summed E-state index contributed by atoms with van der Waals surface area (Å²) in [4.78, 5) is 40.4. The number of nitrogens with zero attached hydrogens (tertiary/aromatic N) is 1. The van der Waals surface area contributed by atoms with E-state index in [-0.39, 0.29) is 30.1 Å². The highest BCUT2D eigenvalue weighted by Crippen LogP contribution is 2.22. The Labute approximate surface area is 251 Å². The molecule has 10 heteroatoms. The van der Waals surface area contributed by atoms with Crippen LogP contribution in [0.4, 0.5) is 0 Å². The molecule has 2 heterocycles. The highest BCUT2D eigenvalue weighted by molar-refractivity contribution is 7.10. The van der Waals surface area contributed by atoms with Crippen LogP contribution in [0.5, 0.6) is 11.5 Å². The lowest BCUT2D eigenvalue weighted by Gasteiger charge is -2.24. The largest absolute Gasteiger partial charge is 0.457 e. The van der Waals surface area contributed by atoms with Crippen molar-refractivity contribution in [2.75, 3.05) is 13.1 Å². The predicted molar refractivity (Wildman–Crippen MR) is 165 cm³/mol. The van der Waals surface area contributed by atoms with Crippen LogP contribution in [0.2, 0.25) is 0 Å². The van der Waals surface area contributed by atoms with Crippen LogP contribution >= 0.6 is 11.3 Å². The van der Waals surface area contributed by atoms with Crippen LogP contribution in [-0.4, -0.2) is 47.6 Å². The van der Waals surface area contributed by atoms with E-state index in [0.29, 0.717) is 48.6 Å². The van der Waals surface area contributed by atoms with Gasteiger partial charge in [0.05, 0.1) is 13.1 Å². The quantitative estimate of drug-likeness (QED) is 0.201. The molecule has 5 rings (SSSR count). The number of ether oxygens (including phenoxy) is 1. The molecule has 2 fully saturated rings. The number of carbonyl (C=O) groups is 3. The van der Waals surface area contributed by atoms with Gasteiger partial charge >= 0.3 is 0 Å². The fourth-order valence-electron chi connectivity index (χ4n) is 4.96. The number of carbonyl (C=O) groups excluding carboxylic acids is 3. The summed E-state index contributed by atoms with van der Waals surface area (Å²) in [5.74, 6) is 0.350. The van der Waals surface area contributed by atoms with Crippen LogP contribution < -0.4 is 21.1 Å². The van der Waals surface area contributed by atoms with Crippen molar-refractivity contribution in [3.8, 4) is 11.5 Å². The zero-order valence-corrected chi connectivity index (χ0v) is 24.6. The Morgan fingerprint density at radius 1 is 0.881 bits per heavy atom. The summed E-state index contributed by atoms with van der Waals surface area (Å²) in [6.45, 7) is 0.569. The minimum Gasteiger partial charge on any atom is -0.457 e. The summed E-state index contributed by atoms with van der Waals surface area (Å²) in [7, 11) is 0. The number of hydrogen-bond acceptors (Lipinski definition) is 6. The molecule has 1 aromatic heterocycles. The van der Waals surface area contributed by atoms with Gasteiger partial charge < -0.3 is 26.0 Å². The second kappa shape index (κ2) is 15.7. The van der Waals surface area contributed by atoms with E-state index in [2.05, 4.69) is 10.6 Å². The van der Waals surface area contributed by atoms with E-state index in [1.165, 1.54) is 54.8 Å². The summed E-state index contributed by atoms with van der Waals surface area (Å²) in [6, 6.07) is 17.2. The number of benzene rings is 2. The number of hydrogen-bond donors (Lipinski definition) is 4. The van der Waals surface area contributed by atoms with E-state index in [4.69, 9.17) is 15.9 Å². The highest BCUT2D eigenvalue weighted by atomic mass is 32.1. The Kier molecular flexibility index (Phi) is 11.5. The van der Waals surface area contributed by atoms with E-state index in [1.54, 1.807) is 35.7 Å². The lowest BCUT2D eigenvalue weighted by Crippen LogP contribution is -2.48. The van der Waals surface area contributed by atoms with Crippen molar-refractivity contribution in [3.63, 3.8) is 0 Å². The van der Waals surface area contributed by atoms with E-state index in [1.807, 2.05) is 30.3 Å². The molecule has 9 nitrogen and oxygen atoms in total. The number of amides is 3. The smallest absolute Gasteiger partial charge is 0.251 e. The number of amidine groups is 1. The number of likely N-dealkylation sites (tertiary alicyclic amines) is 1. The van der Waals surface area contributed by atoms with Gasteiger partial charge in [0.1, 0.15) is 23.4 Å². The second-order valence-electron chi connectivity index (χ2n) is 10.4. The van der Waals surface area contributed by atoms with Crippen LogP contribution in [0, 0.1) is 5.41 Å². The third-order valence-electron chi connectivity index (χ3n) is 7.27. The van der Waals surface area contributed by atoms with Gasteiger partial charge in [-0.15, -0.1) is 11.3 Å². The monoisotopic (exact) mass is 589 g/mol. The molecule has 1 unspecified atom stereocenters. The molecular formula is C32H39N5O4S. The highest BCUT2D eigenvalue weighted by Gasteiger charge is 2.33. The summed E-state index contributed by atoms with van der Waals surface area (Å²) >= 11 is 1.41. The minimum atomic E-state index is -0.573. The number of nitrogen functional groups attached to an aromatic ring is 1. The standard InChI is InChI=1S/C26H27N5O4S.C6H12/c27-24(28)18-13-21(36-16-18)14-29-26(34)22-7-4-12-31(22)23(32)15-30-25(33)17-8-10-20(11-9-17)35-19-5-2-1-3-6-19;1-2-4-6-5-3-1/h1-3,5-6,8-11,13,16,22H,4,7,12,14-15H2,(H3,27,28)(H,29,34)(H,30,33);1-6H2. The van der Waals surface area contributed by atoms with Crippen LogP contribution in [0.3, 0.4) is 0 Å². The molecule has 2 aromatic carbocycles. The fourth-order valence-corrected chi connectivity index (χ4v) is 5.79. The summed E-state index contributed by atoms with van der Waals surface area (Å²) in [5.41, 5.74) is 6.50. The molecule has 0 spiro atoms. The molecule has 5 N–H and O–H groups in total. The lowest BCUT2D eigenvalue weighted by atomic mass is 10.0. The fraction of sp³-hybridized carbons (Fsp3) is 0.375. The third-order valence-corrected chi connectivity index (χ3v) is 8.21. The molecule has 3 aromatic rings. The Morgan fingerprint density at radius 3 is 2.14 bits per heavy atom. The first-order chi connectivity index (χ1) is 20.4. The number of nitrogens with one attached hydrogen (secondary N) is 3. The number of para-hydroxylation sites is 1. The third kappa shape index (κ3) is 9.17. The maximum absolute atomic E-state index is 12.8. The molecule has 1 atom stereocenters. The number of rotatable bonds is 9. The van der Waals surface area contributed by atoms with Gasteiger partial charge in [0, 0.05) is 27.9 Å². The van der Waals surface area contributed by atoms with Crippen LogP contribution in [-0.2, 0) is 16.1 Å². The van der Waals surface area contributed by atoms with Crippen LogP contribution in [0.25, 0.3) is 0 Å². The maximum Gasteiger partial charge on any atom is 0.251 e. The van der Waals surface area contributed by atoms with E-state index < -0.39 is 6.04 Å². The van der Waals surface area contributed by atoms with E-state index in [9.17, 15) is 14.4 Å². The number of nitrogens with two attached hydrogens (primary N) is 1. The van der Waals surface area contributed by atoms with Crippen molar-refractivity contribution in [2.45, 2.75) is 64.0 Å². The molecule has 3 amide bonds. The molecule has 42 heavy (non-hydrogen) atoms. The Balaban J connectivity index is 0.000000600. The minimum absolute atomic E-state index is 0.0186. The van der Waals surface area contributed by atoms with Gasteiger partial charge in [-0.3, -0.25) is 19.8 Å². The summed E-state index contributed by atoms with van der Waals surface area (Å²) < 4.78 is 5.73. The zero-order valence-electron chi connectivity index (χ0n) is 23.8. The molecule has 1 saturated heterocycles. The second-order valence-corrected chi connectivity index (χ2v) is 11.4. The molecule has 1 aliphatic heterocycles. The summed E-state index contributed by atoms with van der Waals surface area (Å²) in [6.07, 6.45) is 10.3. The average Bonchev–Trinajstić information content (AvgIpc) is 3.71. The molecule has 1 saturated carbocycles. The Hall–Kier alpha value is -4.18. The molecule has 1 aliphatic carbocycles. The van der Waals surface area contributed by atoms with Crippen molar-refractivity contribution < 1.29 is 19.1 Å². The van der Waals surface area contributed by atoms with Gasteiger partial charge in [-0.2, -0.15) is 0 Å². The molecule has 0 bridgehead atoms. The molecular weight excluding hydrogens is 550 g/mol. The van der Waals surface area contributed by atoms with Crippen LogP contribution in [0.15, 0.2) is 66.0 Å². The van der Waals surface area contributed by atoms with E-state index >= 15 is 0 Å². The van der Waals surface area contributed by atoms with Crippen molar-refractivity contribution in [1.82, 2.24) is 15.5 Å². The lowest BCUT2D eigenvalue weighted by molar-refractivity contribution is -0.137. The molecule has 222 valence electrons. The predicted octanol–water partition coefficient (Wildman–Crippen LogP) is 5.20. The zero-order chi connectivity index (χ0) is 29.7. The van der Waals surface area contributed by atoms with Gasteiger partial charge in [-0.1, -0.05) is 56.7 Å². The first-order valence-corrected chi connectivity index (χ1v) is 15.4. The van der Waals surface area contributed by atoms with Gasteiger partial charge in [0.2, 0.25) is 11.8 Å². The van der Waals surface area contributed by atoms with Gasteiger partial charge in [0.15, 0.2) is 0 Å². The van der Waals surface area contributed by atoms with Crippen molar-refractivity contribution in [1.29, 1.82) is 5.41 Å². The van der Waals surface area contributed by atoms with E-state index in [0.717, 1.165) is 4.88 Å². The van der Waals surface area contributed by atoms with Crippen LogP contribution in [0.1, 0.15) is 72.2 Å². The van der Waals surface area contributed by atoms with Gasteiger partial charge in [-0.25, -0.2) is 0 Å². The SMILES string of the molecule is C1CCCCC1.N=C(N)c1csc(CNC(=O)C2CCCN2C(=O)CNC(=O)c2ccc(Oc3ccccc3)cc2)c1. The van der Waals surface area contributed by atoms with Gasteiger partial charge in [-0.05, 0) is 55.3 Å². The molecule has 0 radical (unpaired) electrons. The Bertz CT molecular complexity index is 1330. The first kappa shape index (κ1) is 30.8. The van der Waals surface area contributed by atoms with Crippen molar-refractivity contribution >= 4 is 34.9 Å². The normalized spacial score (nSPS) is 16.1. The van der Waals surface area contributed by atoms with Crippen molar-refractivity contribution in [2.24, 2.45) is 5.73 Å².